The van der Waals surface area contributed by atoms with Gasteiger partial charge in [-0.25, -0.2) is 0 Å². The third kappa shape index (κ3) is 2.68. The van der Waals surface area contributed by atoms with E-state index in [1.165, 1.54) is 24.0 Å². The Balaban J connectivity index is 2.28. The minimum absolute atomic E-state index is 0.378. The number of Topliss-reactive ketones (excluding diaryl/α,β-unsaturated/α-hetero) is 1. The summed E-state index contributed by atoms with van der Waals surface area (Å²) in [5.74, 6) is 1.68. The normalized spacial score (nSPS) is 18.9. The standard InChI is InChI=1S/C15H20O2/c1-3-4-5-11-8-13(16)9-12-6-7-14(17-2)10-15(11)12/h6-7,10-11H,3-5,8-9H2,1-2H3. The molecule has 0 saturated carbocycles. The lowest BCUT2D eigenvalue weighted by molar-refractivity contribution is -0.119. The molecule has 0 amide bonds. The zero-order valence-electron chi connectivity index (χ0n) is 10.7. The molecule has 0 saturated heterocycles. The molecule has 0 heterocycles. The molecule has 92 valence electrons. The van der Waals surface area contributed by atoms with Crippen molar-refractivity contribution in [2.24, 2.45) is 0 Å². The molecule has 17 heavy (non-hydrogen) atoms. The second kappa shape index (κ2) is 5.35. The van der Waals surface area contributed by atoms with Crippen LogP contribution in [0.2, 0.25) is 0 Å². The molecule has 0 aromatic heterocycles. The lowest BCUT2D eigenvalue weighted by Gasteiger charge is -2.25. The van der Waals surface area contributed by atoms with E-state index in [0.29, 0.717) is 24.5 Å². The number of ether oxygens (including phenoxy) is 1. The molecule has 0 fully saturated rings. The summed E-state index contributed by atoms with van der Waals surface area (Å²) < 4.78 is 5.27. The number of unbranched alkanes of at least 4 members (excludes halogenated alkanes) is 1. The highest BCUT2D eigenvalue weighted by Crippen LogP contribution is 2.35. The van der Waals surface area contributed by atoms with Gasteiger partial charge in [-0.05, 0) is 35.6 Å². The SMILES string of the molecule is CCCCC1CC(=O)Cc2ccc(OC)cc21. The van der Waals surface area contributed by atoms with Gasteiger partial charge in [0.2, 0.25) is 0 Å². The summed E-state index contributed by atoms with van der Waals surface area (Å²) in [6, 6.07) is 6.11. The second-order valence-electron chi connectivity index (χ2n) is 4.82. The van der Waals surface area contributed by atoms with E-state index in [1.807, 2.05) is 12.1 Å². The topological polar surface area (TPSA) is 26.3 Å². The van der Waals surface area contributed by atoms with E-state index in [2.05, 4.69) is 13.0 Å². The average molecular weight is 232 g/mol. The summed E-state index contributed by atoms with van der Waals surface area (Å²) in [6.45, 7) is 2.19. The highest BCUT2D eigenvalue weighted by molar-refractivity contribution is 5.84. The molecular formula is C15H20O2. The first-order valence-electron chi connectivity index (χ1n) is 6.43. The first-order chi connectivity index (χ1) is 8.24. The molecule has 0 bridgehead atoms. The van der Waals surface area contributed by atoms with E-state index in [9.17, 15) is 4.79 Å². The molecule has 1 aliphatic rings. The maximum absolute atomic E-state index is 11.7. The molecule has 1 aliphatic carbocycles. The van der Waals surface area contributed by atoms with Gasteiger partial charge < -0.3 is 4.74 Å². The number of fused-ring (bicyclic) bond motifs is 1. The fourth-order valence-corrected chi connectivity index (χ4v) is 2.62. The Morgan fingerprint density at radius 1 is 1.41 bits per heavy atom. The number of benzene rings is 1. The van der Waals surface area contributed by atoms with Crippen LogP contribution in [0.1, 0.15) is 49.7 Å². The summed E-state index contributed by atoms with van der Waals surface area (Å²) in [4.78, 5) is 11.7. The molecule has 0 spiro atoms. The summed E-state index contributed by atoms with van der Waals surface area (Å²) >= 11 is 0. The zero-order valence-corrected chi connectivity index (χ0v) is 10.7. The van der Waals surface area contributed by atoms with Crippen molar-refractivity contribution in [2.75, 3.05) is 7.11 Å². The third-order valence-corrected chi connectivity index (χ3v) is 3.56. The van der Waals surface area contributed by atoms with Crippen molar-refractivity contribution in [1.29, 1.82) is 0 Å². The Morgan fingerprint density at radius 2 is 2.24 bits per heavy atom. The van der Waals surface area contributed by atoms with Crippen LogP contribution in [0, 0.1) is 0 Å². The Labute approximate surface area is 103 Å². The number of carbonyl (C=O) groups is 1. The number of carbonyl (C=O) groups excluding carboxylic acids is 1. The Bertz CT molecular complexity index is 409. The van der Waals surface area contributed by atoms with Crippen molar-refractivity contribution in [3.05, 3.63) is 29.3 Å². The maximum atomic E-state index is 11.7. The number of methoxy groups -OCH3 is 1. The summed E-state index contributed by atoms with van der Waals surface area (Å²) in [6.07, 6.45) is 4.79. The molecule has 1 atom stereocenters. The Hall–Kier alpha value is -1.31. The van der Waals surface area contributed by atoms with Crippen molar-refractivity contribution in [1.82, 2.24) is 0 Å². The lowest BCUT2D eigenvalue weighted by atomic mass is 9.79. The van der Waals surface area contributed by atoms with Crippen LogP contribution in [0.5, 0.6) is 5.75 Å². The molecule has 2 rings (SSSR count). The van der Waals surface area contributed by atoms with Gasteiger partial charge >= 0.3 is 0 Å². The van der Waals surface area contributed by atoms with Gasteiger partial charge in [0, 0.05) is 12.8 Å². The number of rotatable bonds is 4. The number of hydrogen-bond acceptors (Lipinski definition) is 2. The number of hydrogen-bond donors (Lipinski definition) is 0. The summed E-state index contributed by atoms with van der Waals surface area (Å²) in [5.41, 5.74) is 2.53. The monoisotopic (exact) mass is 232 g/mol. The highest BCUT2D eigenvalue weighted by Gasteiger charge is 2.25. The molecule has 0 N–H and O–H groups in total. The van der Waals surface area contributed by atoms with Crippen LogP contribution in [0.3, 0.4) is 0 Å². The van der Waals surface area contributed by atoms with E-state index >= 15 is 0 Å². The number of ketones is 1. The third-order valence-electron chi connectivity index (χ3n) is 3.56. The van der Waals surface area contributed by atoms with Gasteiger partial charge in [-0.1, -0.05) is 25.8 Å². The molecule has 0 radical (unpaired) electrons. The molecule has 2 nitrogen and oxygen atoms in total. The van der Waals surface area contributed by atoms with E-state index in [0.717, 1.165) is 12.2 Å². The predicted octanol–water partition coefficient (Wildman–Crippen LogP) is 3.48. The van der Waals surface area contributed by atoms with Crippen molar-refractivity contribution in [3.63, 3.8) is 0 Å². The van der Waals surface area contributed by atoms with Crippen LogP contribution >= 0.6 is 0 Å². The fourth-order valence-electron chi connectivity index (χ4n) is 2.62. The summed E-state index contributed by atoms with van der Waals surface area (Å²) in [5, 5.41) is 0. The minimum Gasteiger partial charge on any atom is -0.497 e. The van der Waals surface area contributed by atoms with Gasteiger partial charge in [-0.2, -0.15) is 0 Å². The Kier molecular flexibility index (Phi) is 3.82. The van der Waals surface area contributed by atoms with Crippen LogP contribution in [-0.4, -0.2) is 12.9 Å². The second-order valence-corrected chi connectivity index (χ2v) is 4.82. The largest absolute Gasteiger partial charge is 0.497 e. The van der Waals surface area contributed by atoms with E-state index in [4.69, 9.17) is 4.74 Å². The quantitative estimate of drug-likeness (QED) is 0.794. The van der Waals surface area contributed by atoms with Gasteiger partial charge in [-0.15, -0.1) is 0 Å². The molecule has 0 aliphatic heterocycles. The fraction of sp³-hybridized carbons (Fsp3) is 0.533. The lowest BCUT2D eigenvalue weighted by Crippen LogP contribution is -2.18. The van der Waals surface area contributed by atoms with Crippen LogP contribution in [0.25, 0.3) is 0 Å². The zero-order chi connectivity index (χ0) is 12.3. The minimum atomic E-state index is 0.378. The van der Waals surface area contributed by atoms with E-state index < -0.39 is 0 Å². The van der Waals surface area contributed by atoms with Crippen molar-refractivity contribution in [3.8, 4) is 5.75 Å². The molecule has 1 unspecified atom stereocenters. The summed E-state index contributed by atoms with van der Waals surface area (Å²) in [7, 11) is 1.69. The molecule has 1 aromatic rings. The smallest absolute Gasteiger partial charge is 0.137 e. The molecule has 1 aromatic carbocycles. The first kappa shape index (κ1) is 12.2. The highest BCUT2D eigenvalue weighted by atomic mass is 16.5. The van der Waals surface area contributed by atoms with Crippen molar-refractivity contribution in [2.45, 2.75) is 44.9 Å². The van der Waals surface area contributed by atoms with Crippen LogP contribution in [-0.2, 0) is 11.2 Å². The van der Waals surface area contributed by atoms with Crippen LogP contribution in [0.4, 0.5) is 0 Å². The van der Waals surface area contributed by atoms with Gasteiger partial charge in [0.25, 0.3) is 0 Å². The molecular weight excluding hydrogens is 212 g/mol. The molecule has 2 heteroatoms. The van der Waals surface area contributed by atoms with Gasteiger partial charge in [0.05, 0.1) is 7.11 Å². The predicted molar refractivity (Wildman–Crippen MR) is 68.6 cm³/mol. The van der Waals surface area contributed by atoms with E-state index in [1.54, 1.807) is 7.11 Å². The van der Waals surface area contributed by atoms with Gasteiger partial charge in [0.15, 0.2) is 0 Å². The first-order valence-corrected chi connectivity index (χ1v) is 6.43. The maximum Gasteiger partial charge on any atom is 0.137 e. The van der Waals surface area contributed by atoms with Crippen LogP contribution in [0.15, 0.2) is 18.2 Å². The van der Waals surface area contributed by atoms with Gasteiger partial charge in [-0.3, -0.25) is 4.79 Å². The van der Waals surface area contributed by atoms with Crippen molar-refractivity contribution >= 4 is 5.78 Å². The Morgan fingerprint density at radius 3 is 2.94 bits per heavy atom. The van der Waals surface area contributed by atoms with E-state index in [-0.39, 0.29) is 0 Å². The van der Waals surface area contributed by atoms with Crippen LogP contribution < -0.4 is 4.74 Å². The van der Waals surface area contributed by atoms with Crippen molar-refractivity contribution < 1.29 is 9.53 Å². The van der Waals surface area contributed by atoms with Gasteiger partial charge in [0.1, 0.15) is 11.5 Å². The average Bonchev–Trinajstić information content (AvgIpc) is 2.35.